The number of hydrogen-bond donors (Lipinski definition) is 1. The fourth-order valence-electron chi connectivity index (χ4n) is 2.03. The average molecular weight is 315 g/mol. The van der Waals surface area contributed by atoms with Gasteiger partial charge in [-0.2, -0.15) is 4.31 Å². The minimum Gasteiger partial charge on any atom is -0.398 e. The van der Waals surface area contributed by atoms with E-state index >= 15 is 0 Å². The number of sulfonamides is 1. The first-order chi connectivity index (χ1) is 9.87. The lowest BCUT2D eigenvalue weighted by atomic mass is 10.3. The summed E-state index contributed by atoms with van der Waals surface area (Å²) in [7, 11) is -2.39. The smallest absolute Gasteiger partial charge is 0.270 e. The summed E-state index contributed by atoms with van der Waals surface area (Å²) in [6.45, 7) is 0.455. The first-order valence-corrected chi connectivity index (χ1v) is 7.86. The number of non-ortho nitro benzene ring substituents is 1. The number of rotatable bonds is 7. The molecule has 0 aliphatic heterocycles. The number of nitrogen functional groups attached to an aromatic ring is 1. The molecule has 1 saturated carbocycles. The highest BCUT2D eigenvalue weighted by atomic mass is 32.2. The van der Waals surface area contributed by atoms with Crippen molar-refractivity contribution >= 4 is 21.4 Å². The van der Waals surface area contributed by atoms with E-state index in [1.54, 1.807) is 0 Å². The Balaban J connectivity index is 2.41. The number of ether oxygens (including phenoxy) is 1. The summed E-state index contributed by atoms with van der Waals surface area (Å²) in [5.41, 5.74) is 5.41. The molecular weight excluding hydrogens is 298 g/mol. The van der Waals surface area contributed by atoms with Crippen LogP contribution in [-0.4, -0.2) is 43.9 Å². The predicted molar refractivity (Wildman–Crippen MR) is 76.3 cm³/mol. The zero-order chi connectivity index (χ0) is 15.6. The van der Waals surface area contributed by atoms with Gasteiger partial charge in [0, 0.05) is 31.8 Å². The van der Waals surface area contributed by atoms with Gasteiger partial charge in [0.2, 0.25) is 10.0 Å². The van der Waals surface area contributed by atoms with Gasteiger partial charge in [-0.05, 0) is 18.9 Å². The monoisotopic (exact) mass is 315 g/mol. The fourth-order valence-corrected chi connectivity index (χ4v) is 3.84. The van der Waals surface area contributed by atoms with E-state index in [0.29, 0.717) is 0 Å². The van der Waals surface area contributed by atoms with Crippen LogP contribution in [0.3, 0.4) is 0 Å². The van der Waals surface area contributed by atoms with Crippen molar-refractivity contribution in [3.8, 4) is 0 Å². The van der Waals surface area contributed by atoms with Crippen LogP contribution in [-0.2, 0) is 14.8 Å². The van der Waals surface area contributed by atoms with E-state index in [1.807, 2.05) is 0 Å². The number of benzene rings is 1. The van der Waals surface area contributed by atoms with Gasteiger partial charge in [0.15, 0.2) is 0 Å². The van der Waals surface area contributed by atoms with Crippen LogP contribution in [0.2, 0.25) is 0 Å². The minimum atomic E-state index is -3.87. The number of nitro benzene ring substituents is 1. The number of nitro groups is 1. The molecule has 1 aliphatic rings. The first-order valence-electron chi connectivity index (χ1n) is 6.42. The van der Waals surface area contributed by atoms with Gasteiger partial charge < -0.3 is 10.5 Å². The molecule has 0 saturated heterocycles. The number of nitrogens with two attached hydrogens (primary N) is 1. The van der Waals surface area contributed by atoms with Crippen molar-refractivity contribution in [2.75, 3.05) is 26.0 Å². The molecule has 0 bridgehead atoms. The molecule has 0 aromatic heterocycles. The predicted octanol–water partition coefficient (Wildman–Crippen LogP) is 0.977. The van der Waals surface area contributed by atoms with Crippen LogP contribution >= 0.6 is 0 Å². The maximum absolute atomic E-state index is 12.7. The van der Waals surface area contributed by atoms with Crippen molar-refractivity contribution in [3.05, 3.63) is 28.3 Å². The Labute approximate surface area is 122 Å². The quantitative estimate of drug-likeness (QED) is 0.455. The molecule has 1 aromatic rings. The molecule has 0 amide bonds. The summed E-state index contributed by atoms with van der Waals surface area (Å²) >= 11 is 0. The highest BCUT2D eigenvalue weighted by molar-refractivity contribution is 7.89. The Kier molecular flexibility index (Phi) is 4.45. The second kappa shape index (κ2) is 5.96. The lowest BCUT2D eigenvalue weighted by Crippen LogP contribution is -2.36. The fraction of sp³-hybridized carbons (Fsp3) is 0.500. The summed E-state index contributed by atoms with van der Waals surface area (Å²) in [4.78, 5) is 9.95. The Morgan fingerprint density at radius 2 is 2.14 bits per heavy atom. The van der Waals surface area contributed by atoms with Crippen molar-refractivity contribution in [1.29, 1.82) is 0 Å². The summed E-state index contributed by atoms with van der Waals surface area (Å²) < 4.78 is 31.6. The molecule has 1 aromatic carbocycles. The number of anilines is 1. The zero-order valence-corrected chi connectivity index (χ0v) is 12.4. The van der Waals surface area contributed by atoms with Crippen molar-refractivity contribution in [3.63, 3.8) is 0 Å². The molecule has 9 heteroatoms. The second-order valence-corrected chi connectivity index (χ2v) is 6.68. The Morgan fingerprint density at radius 1 is 1.48 bits per heavy atom. The number of nitrogens with zero attached hydrogens (tertiary/aromatic N) is 2. The van der Waals surface area contributed by atoms with Crippen LogP contribution in [0.1, 0.15) is 12.8 Å². The maximum atomic E-state index is 12.7. The normalized spacial score (nSPS) is 15.3. The topological polar surface area (TPSA) is 116 Å². The van der Waals surface area contributed by atoms with Crippen molar-refractivity contribution in [1.82, 2.24) is 4.31 Å². The third kappa shape index (κ3) is 3.31. The van der Waals surface area contributed by atoms with Crippen LogP contribution in [0.5, 0.6) is 0 Å². The van der Waals surface area contributed by atoms with E-state index in [0.717, 1.165) is 18.9 Å². The molecule has 0 atom stereocenters. The largest absolute Gasteiger partial charge is 0.398 e. The first kappa shape index (κ1) is 15.7. The molecule has 0 heterocycles. The van der Waals surface area contributed by atoms with E-state index in [-0.39, 0.29) is 35.5 Å². The van der Waals surface area contributed by atoms with Gasteiger partial charge in [0.25, 0.3) is 5.69 Å². The SMILES string of the molecule is COCCN(C1CC1)S(=O)(=O)c1cc([N+](=O)[O-])ccc1N. The van der Waals surface area contributed by atoms with E-state index in [1.165, 1.54) is 23.5 Å². The highest BCUT2D eigenvalue weighted by Crippen LogP contribution is 2.34. The van der Waals surface area contributed by atoms with Crippen LogP contribution in [0.25, 0.3) is 0 Å². The van der Waals surface area contributed by atoms with Crippen LogP contribution in [0, 0.1) is 10.1 Å². The lowest BCUT2D eigenvalue weighted by Gasteiger charge is -2.22. The van der Waals surface area contributed by atoms with Crippen LogP contribution in [0.15, 0.2) is 23.1 Å². The molecule has 0 unspecified atom stereocenters. The van der Waals surface area contributed by atoms with Crippen molar-refractivity contribution < 1.29 is 18.1 Å². The Bertz CT molecular complexity index is 642. The Hall–Kier alpha value is -1.71. The van der Waals surface area contributed by atoms with Gasteiger partial charge in [-0.3, -0.25) is 10.1 Å². The van der Waals surface area contributed by atoms with Gasteiger partial charge in [-0.25, -0.2) is 8.42 Å². The molecular formula is C12H17N3O5S. The maximum Gasteiger partial charge on any atom is 0.270 e. The van der Waals surface area contributed by atoms with Crippen molar-refractivity contribution in [2.45, 2.75) is 23.8 Å². The van der Waals surface area contributed by atoms with Crippen LogP contribution < -0.4 is 5.73 Å². The molecule has 1 fully saturated rings. The molecule has 8 nitrogen and oxygen atoms in total. The molecule has 2 N–H and O–H groups in total. The third-order valence-electron chi connectivity index (χ3n) is 3.26. The van der Waals surface area contributed by atoms with Gasteiger partial charge >= 0.3 is 0 Å². The van der Waals surface area contributed by atoms with E-state index < -0.39 is 14.9 Å². The van der Waals surface area contributed by atoms with E-state index in [4.69, 9.17) is 10.5 Å². The molecule has 116 valence electrons. The minimum absolute atomic E-state index is 0.00340. The van der Waals surface area contributed by atoms with Gasteiger partial charge in [-0.1, -0.05) is 0 Å². The molecule has 21 heavy (non-hydrogen) atoms. The van der Waals surface area contributed by atoms with Crippen molar-refractivity contribution in [2.24, 2.45) is 0 Å². The summed E-state index contributed by atoms with van der Waals surface area (Å²) in [5.74, 6) is 0. The second-order valence-electron chi connectivity index (χ2n) is 4.82. The Morgan fingerprint density at radius 3 is 2.67 bits per heavy atom. The molecule has 2 rings (SSSR count). The highest BCUT2D eigenvalue weighted by Gasteiger charge is 2.39. The summed E-state index contributed by atoms with van der Waals surface area (Å²) in [6, 6.07) is 3.35. The molecule has 0 spiro atoms. The molecule has 0 radical (unpaired) electrons. The number of methoxy groups -OCH3 is 1. The lowest BCUT2D eigenvalue weighted by molar-refractivity contribution is -0.385. The zero-order valence-electron chi connectivity index (χ0n) is 11.6. The molecule has 1 aliphatic carbocycles. The number of hydrogen-bond acceptors (Lipinski definition) is 6. The van der Waals surface area contributed by atoms with Gasteiger partial charge in [0.1, 0.15) is 4.90 Å². The van der Waals surface area contributed by atoms with Crippen LogP contribution in [0.4, 0.5) is 11.4 Å². The average Bonchev–Trinajstić information content (AvgIpc) is 3.23. The summed E-state index contributed by atoms with van der Waals surface area (Å²) in [5, 5.41) is 10.8. The summed E-state index contributed by atoms with van der Waals surface area (Å²) in [6.07, 6.45) is 1.55. The van der Waals surface area contributed by atoms with E-state index in [9.17, 15) is 18.5 Å². The van der Waals surface area contributed by atoms with E-state index in [2.05, 4.69) is 0 Å². The third-order valence-corrected chi connectivity index (χ3v) is 5.27. The van der Waals surface area contributed by atoms with Gasteiger partial charge in [0.05, 0.1) is 17.2 Å². The van der Waals surface area contributed by atoms with Gasteiger partial charge in [-0.15, -0.1) is 0 Å². The standard InChI is InChI=1S/C12H17N3O5S/c1-20-7-6-14(9-2-3-9)21(18,19)12-8-10(15(16)17)4-5-11(12)13/h4-5,8-9H,2-3,6-7,13H2,1H3.